The van der Waals surface area contributed by atoms with Crippen molar-refractivity contribution < 1.29 is 8.78 Å². The molecule has 0 aliphatic heterocycles. The van der Waals surface area contributed by atoms with Gasteiger partial charge in [0.15, 0.2) is 11.6 Å². The molecule has 1 unspecified atom stereocenters. The lowest BCUT2D eigenvalue weighted by Crippen LogP contribution is -2.21. The summed E-state index contributed by atoms with van der Waals surface area (Å²) in [6, 6.07) is 4.19. The first-order valence-corrected chi connectivity index (χ1v) is 11.5. The van der Waals surface area contributed by atoms with Crippen LogP contribution in [0.3, 0.4) is 0 Å². The summed E-state index contributed by atoms with van der Waals surface area (Å²) >= 11 is 0. The van der Waals surface area contributed by atoms with Crippen LogP contribution in [0.2, 0.25) is 0 Å². The van der Waals surface area contributed by atoms with Gasteiger partial charge in [0.25, 0.3) is 0 Å². The zero-order chi connectivity index (χ0) is 19.8. The van der Waals surface area contributed by atoms with Gasteiger partial charge in [-0.05, 0) is 60.3 Å². The van der Waals surface area contributed by atoms with Gasteiger partial charge in [0.05, 0.1) is 0 Å². The van der Waals surface area contributed by atoms with Crippen LogP contribution in [0, 0.1) is 29.4 Å². The fourth-order valence-electron chi connectivity index (χ4n) is 4.99. The summed E-state index contributed by atoms with van der Waals surface area (Å²) in [5.74, 6) is 0.810. The van der Waals surface area contributed by atoms with Crippen molar-refractivity contribution in [1.82, 2.24) is 0 Å². The molecule has 1 aromatic rings. The Bertz CT molecular complexity index is 665. The Morgan fingerprint density at radius 3 is 2.32 bits per heavy atom. The van der Waals surface area contributed by atoms with Crippen molar-refractivity contribution in [1.29, 1.82) is 0 Å². The minimum atomic E-state index is -0.778. The summed E-state index contributed by atoms with van der Waals surface area (Å²) in [4.78, 5) is 0. The first-order chi connectivity index (χ1) is 13.7. The molecule has 2 aliphatic carbocycles. The molecular weight excluding hydrogens is 350 g/mol. The lowest BCUT2D eigenvalue weighted by Gasteiger charge is -2.33. The molecule has 0 N–H and O–H groups in total. The lowest BCUT2D eigenvalue weighted by atomic mass is 9.72. The maximum absolute atomic E-state index is 13.5. The van der Waals surface area contributed by atoms with Crippen molar-refractivity contribution in [3.63, 3.8) is 0 Å². The van der Waals surface area contributed by atoms with Gasteiger partial charge in [0.1, 0.15) is 0 Å². The maximum Gasteiger partial charge on any atom is 0.159 e. The Labute approximate surface area is 170 Å². The van der Waals surface area contributed by atoms with Crippen LogP contribution < -0.4 is 0 Å². The van der Waals surface area contributed by atoms with Crippen LogP contribution in [0.5, 0.6) is 0 Å². The molecule has 0 nitrogen and oxygen atoms in total. The smallest absolute Gasteiger partial charge is 0.159 e. The van der Waals surface area contributed by atoms with Gasteiger partial charge in [-0.25, -0.2) is 8.78 Å². The highest BCUT2D eigenvalue weighted by atomic mass is 19.2. The highest BCUT2D eigenvalue weighted by Gasteiger charge is 2.26. The second kappa shape index (κ2) is 10.9. The van der Waals surface area contributed by atoms with Crippen molar-refractivity contribution in [3.05, 3.63) is 53.6 Å². The van der Waals surface area contributed by atoms with Gasteiger partial charge in [-0.15, -0.1) is 0 Å². The normalized spacial score (nSPS) is 25.0. The molecule has 154 valence electrons. The molecule has 28 heavy (non-hydrogen) atoms. The van der Waals surface area contributed by atoms with Gasteiger partial charge in [-0.3, -0.25) is 0 Å². The lowest BCUT2D eigenvalue weighted by molar-refractivity contribution is 0.218. The summed E-state index contributed by atoms with van der Waals surface area (Å²) in [6.45, 7) is 2.28. The Balaban J connectivity index is 1.38. The predicted octanol–water partition coefficient (Wildman–Crippen LogP) is 8.48. The van der Waals surface area contributed by atoms with E-state index >= 15 is 0 Å². The van der Waals surface area contributed by atoms with E-state index in [9.17, 15) is 8.78 Å². The highest BCUT2D eigenvalue weighted by Crippen LogP contribution is 2.39. The first kappa shape index (κ1) is 21.3. The Morgan fingerprint density at radius 1 is 0.893 bits per heavy atom. The van der Waals surface area contributed by atoms with Crippen molar-refractivity contribution in [2.45, 2.75) is 84.0 Å². The van der Waals surface area contributed by atoms with E-state index in [1.807, 2.05) is 0 Å². The fourth-order valence-corrected chi connectivity index (χ4v) is 4.99. The van der Waals surface area contributed by atoms with Crippen molar-refractivity contribution in [3.8, 4) is 0 Å². The molecule has 1 aromatic carbocycles. The van der Waals surface area contributed by atoms with Gasteiger partial charge in [-0.1, -0.05) is 89.0 Å². The van der Waals surface area contributed by atoms with Gasteiger partial charge >= 0.3 is 0 Å². The molecule has 0 spiro atoms. The molecule has 0 radical (unpaired) electrons. The number of hydrogen-bond acceptors (Lipinski definition) is 0. The third kappa shape index (κ3) is 6.03. The predicted molar refractivity (Wildman–Crippen MR) is 115 cm³/mol. The maximum atomic E-state index is 13.5. The standard InChI is InChI=1S/C26H36F2/c1-2-3-4-5-6-7-8-20-9-11-21(12-10-20)22-13-15-23(16-14-22)24-17-18-25(27)26(28)19-24/h13,15-22H,2-12,14H2,1H3. The molecule has 1 fully saturated rings. The molecule has 0 aromatic heterocycles. The summed E-state index contributed by atoms with van der Waals surface area (Å²) in [7, 11) is 0. The molecule has 0 saturated heterocycles. The van der Waals surface area contributed by atoms with E-state index in [2.05, 4.69) is 25.2 Å². The van der Waals surface area contributed by atoms with Gasteiger partial charge in [0.2, 0.25) is 0 Å². The summed E-state index contributed by atoms with van der Waals surface area (Å²) in [5, 5.41) is 0. The van der Waals surface area contributed by atoms with Crippen LogP contribution in [-0.2, 0) is 0 Å². The third-order valence-corrected chi connectivity index (χ3v) is 6.85. The van der Waals surface area contributed by atoms with Gasteiger partial charge in [-0.2, -0.15) is 0 Å². The number of unbranched alkanes of at least 4 members (excludes halogenated alkanes) is 5. The highest BCUT2D eigenvalue weighted by molar-refractivity contribution is 5.74. The quantitative estimate of drug-likeness (QED) is 0.373. The molecule has 2 aliphatic rings. The molecule has 3 rings (SSSR count). The van der Waals surface area contributed by atoms with Gasteiger partial charge < -0.3 is 0 Å². The van der Waals surface area contributed by atoms with Crippen LogP contribution in [0.1, 0.15) is 89.5 Å². The Kier molecular flexibility index (Phi) is 8.30. The third-order valence-electron chi connectivity index (χ3n) is 6.85. The molecule has 2 heteroatoms. The Hall–Kier alpha value is -1.44. The van der Waals surface area contributed by atoms with E-state index < -0.39 is 11.6 Å². The van der Waals surface area contributed by atoms with Crippen molar-refractivity contribution >= 4 is 5.57 Å². The van der Waals surface area contributed by atoms with E-state index in [0.717, 1.165) is 29.4 Å². The molecule has 1 atom stereocenters. The summed E-state index contributed by atoms with van der Waals surface area (Å²) < 4.78 is 26.6. The van der Waals surface area contributed by atoms with Crippen LogP contribution >= 0.6 is 0 Å². The SMILES string of the molecule is CCCCCCCCC1CCC(C2C=CC(c3ccc(F)c(F)c3)=CC2)CC1. The number of rotatable bonds is 9. The average molecular weight is 387 g/mol. The second-order valence-corrected chi connectivity index (χ2v) is 8.88. The zero-order valence-electron chi connectivity index (χ0n) is 17.4. The number of benzene rings is 1. The van der Waals surface area contributed by atoms with Crippen molar-refractivity contribution in [2.75, 3.05) is 0 Å². The van der Waals surface area contributed by atoms with Crippen LogP contribution in [0.4, 0.5) is 8.78 Å². The number of halogens is 2. The van der Waals surface area contributed by atoms with E-state index in [4.69, 9.17) is 0 Å². The molecule has 0 bridgehead atoms. The largest absolute Gasteiger partial charge is 0.204 e. The summed E-state index contributed by atoms with van der Waals surface area (Å²) in [6.07, 6.45) is 23.0. The topological polar surface area (TPSA) is 0 Å². The molecule has 1 saturated carbocycles. The van der Waals surface area contributed by atoms with Crippen molar-refractivity contribution in [2.24, 2.45) is 17.8 Å². The van der Waals surface area contributed by atoms with E-state index in [-0.39, 0.29) is 0 Å². The molecule has 0 amide bonds. The van der Waals surface area contributed by atoms with E-state index in [0.29, 0.717) is 5.92 Å². The average Bonchev–Trinajstić information content (AvgIpc) is 2.73. The summed E-state index contributed by atoms with van der Waals surface area (Å²) in [5.41, 5.74) is 1.79. The van der Waals surface area contributed by atoms with Gasteiger partial charge in [0, 0.05) is 0 Å². The van der Waals surface area contributed by atoms with Crippen LogP contribution in [0.15, 0.2) is 36.4 Å². The monoisotopic (exact) mass is 386 g/mol. The minimum Gasteiger partial charge on any atom is -0.204 e. The zero-order valence-corrected chi connectivity index (χ0v) is 17.4. The van der Waals surface area contributed by atoms with E-state index in [1.165, 1.54) is 82.8 Å². The van der Waals surface area contributed by atoms with Crippen LogP contribution in [-0.4, -0.2) is 0 Å². The molecule has 0 heterocycles. The van der Waals surface area contributed by atoms with Crippen LogP contribution in [0.25, 0.3) is 5.57 Å². The second-order valence-electron chi connectivity index (χ2n) is 8.88. The minimum absolute atomic E-state index is 0.615. The number of hydrogen-bond donors (Lipinski definition) is 0. The molecular formula is C26H36F2. The van der Waals surface area contributed by atoms with E-state index in [1.54, 1.807) is 6.07 Å². The Morgan fingerprint density at radius 2 is 1.64 bits per heavy atom. The first-order valence-electron chi connectivity index (χ1n) is 11.5. The number of allylic oxidation sites excluding steroid dienone is 4. The fraction of sp³-hybridized carbons (Fsp3) is 0.615.